The van der Waals surface area contributed by atoms with Gasteiger partial charge < -0.3 is 10.5 Å². The molecule has 1 rings (SSSR count). The van der Waals surface area contributed by atoms with Crippen LogP contribution in [0.1, 0.15) is 31.9 Å². The lowest BCUT2D eigenvalue weighted by molar-refractivity contribution is 0.103. The van der Waals surface area contributed by atoms with Gasteiger partial charge in [0.15, 0.2) is 0 Å². The molecule has 0 aliphatic heterocycles. The number of likely N-dealkylation sites (N-methyl/N-ethyl adjacent to an activating group) is 1. The average Bonchev–Trinajstić information content (AvgIpc) is 2.42. The van der Waals surface area contributed by atoms with Crippen LogP contribution in [0.15, 0.2) is 30.3 Å². The summed E-state index contributed by atoms with van der Waals surface area (Å²) in [6, 6.07) is 11.1. The highest BCUT2D eigenvalue weighted by atomic mass is 16.5. The molecule has 3 heteroatoms. The molecular weight excluding hydrogens is 236 g/mol. The van der Waals surface area contributed by atoms with E-state index in [1.807, 2.05) is 6.07 Å². The Hall–Kier alpha value is -0.900. The van der Waals surface area contributed by atoms with Gasteiger partial charge in [0.1, 0.15) is 0 Å². The number of rotatable bonds is 8. The zero-order valence-corrected chi connectivity index (χ0v) is 12.7. The predicted molar refractivity (Wildman–Crippen MR) is 81.1 cm³/mol. The van der Waals surface area contributed by atoms with E-state index in [-0.39, 0.29) is 6.04 Å². The Kier molecular flexibility index (Phi) is 7.06. The molecule has 19 heavy (non-hydrogen) atoms. The first kappa shape index (κ1) is 16.2. The fraction of sp³-hybridized carbons (Fsp3) is 0.625. The van der Waals surface area contributed by atoms with E-state index in [0.717, 1.165) is 13.0 Å². The van der Waals surface area contributed by atoms with Crippen LogP contribution >= 0.6 is 0 Å². The predicted octanol–water partition coefficient (Wildman–Crippen LogP) is 2.68. The summed E-state index contributed by atoms with van der Waals surface area (Å²) in [7, 11) is 3.90. The zero-order chi connectivity index (χ0) is 14.3. The molecule has 108 valence electrons. The van der Waals surface area contributed by atoms with Crippen LogP contribution in [0.25, 0.3) is 0 Å². The van der Waals surface area contributed by atoms with Crippen LogP contribution in [0.3, 0.4) is 0 Å². The number of nitrogens with two attached hydrogens (primary N) is 1. The first-order chi connectivity index (χ1) is 9.06. The van der Waals surface area contributed by atoms with Gasteiger partial charge in [-0.3, -0.25) is 4.90 Å². The molecular formula is C16H28N2O. The third-order valence-corrected chi connectivity index (χ3v) is 3.71. The Balaban J connectivity index is 2.61. The van der Waals surface area contributed by atoms with Crippen molar-refractivity contribution in [3.05, 3.63) is 35.9 Å². The molecule has 0 saturated carbocycles. The van der Waals surface area contributed by atoms with E-state index in [1.165, 1.54) is 5.56 Å². The summed E-state index contributed by atoms with van der Waals surface area (Å²) in [4.78, 5) is 2.33. The normalized spacial score (nSPS) is 14.9. The monoisotopic (exact) mass is 264 g/mol. The summed E-state index contributed by atoms with van der Waals surface area (Å²) < 4.78 is 5.36. The molecule has 0 aromatic heterocycles. The van der Waals surface area contributed by atoms with Crippen LogP contribution in [0, 0.1) is 5.92 Å². The second-order valence-corrected chi connectivity index (χ2v) is 5.56. The fourth-order valence-electron chi connectivity index (χ4n) is 2.15. The summed E-state index contributed by atoms with van der Waals surface area (Å²) in [5.74, 6) is 0.533. The minimum Gasteiger partial charge on any atom is -0.383 e. The highest BCUT2D eigenvalue weighted by Crippen LogP contribution is 2.20. The second kappa shape index (κ2) is 8.31. The Labute approximate surface area is 117 Å². The van der Waals surface area contributed by atoms with Gasteiger partial charge in [0.05, 0.1) is 12.6 Å². The molecule has 0 saturated heterocycles. The number of ether oxygens (including phenoxy) is 1. The average molecular weight is 264 g/mol. The molecule has 0 amide bonds. The zero-order valence-electron chi connectivity index (χ0n) is 12.7. The highest BCUT2D eigenvalue weighted by molar-refractivity contribution is 5.19. The van der Waals surface area contributed by atoms with Gasteiger partial charge in [-0.25, -0.2) is 0 Å². The van der Waals surface area contributed by atoms with Crippen molar-refractivity contribution in [2.45, 2.75) is 32.4 Å². The van der Waals surface area contributed by atoms with Crippen LogP contribution in [-0.2, 0) is 4.74 Å². The SMILES string of the molecule is COCC(c1ccccc1)N(C)CCC(N)C(C)C. The van der Waals surface area contributed by atoms with Crippen molar-refractivity contribution in [2.24, 2.45) is 11.7 Å². The van der Waals surface area contributed by atoms with Crippen molar-refractivity contribution in [2.75, 3.05) is 27.3 Å². The summed E-state index contributed by atoms with van der Waals surface area (Å²) in [5.41, 5.74) is 7.42. The Morgan fingerprint density at radius 1 is 1.21 bits per heavy atom. The summed E-state index contributed by atoms with van der Waals surface area (Å²) >= 11 is 0. The Bertz CT molecular complexity index is 340. The fourth-order valence-corrected chi connectivity index (χ4v) is 2.15. The van der Waals surface area contributed by atoms with Crippen LogP contribution < -0.4 is 5.73 Å². The van der Waals surface area contributed by atoms with Crippen molar-refractivity contribution in [1.29, 1.82) is 0 Å². The number of hydrogen-bond acceptors (Lipinski definition) is 3. The summed E-state index contributed by atoms with van der Waals surface area (Å²) in [6.07, 6.45) is 1.02. The molecule has 0 aliphatic rings. The lowest BCUT2D eigenvalue weighted by Crippen LogP contribution is -2.34. The minimum atomic E-state index is 0.265. The molecule has 2 unspecified atom stereocenters. The second-order valence-electron chi connectivity index (χ2n) is 5.56. The summed E-state index contributed by atoms with van der Waals surface area (Å²) in [5, 5.41) is 0. The van der Waals surface area contributed by atoms with Crippen LogP contribution in [0.4, 0.5) is 0 Å². The first-order valence-electron chi connectivity index (χ1n) is 7.06. The molecule has 0 radical (unpaired) electrons. The third kappa shape index (κ3) is 5.31. The smallest absolute Gasteiger partial charge is 0.0659 e. The van der Waals surface area contributed by atoms with E-state index in [9.17, 15) is 0 Å². The van der Waals surface area contributed by atoms with Gasteiger partial charge in [0, 0.05) is 19.7 Å². The van der Waals surface area contributed by atoms with E-state index in [2.05, 4.69) is 50.1 Å². The van der Waals surface area contributed by atoms with Gasteiger partial charge in [0.25, 0.3) is 0 Å². The van der Waals surface area contributed by atoms with Gasteiger partial charge in [0.2, 0.25) is 0 Å². The molecule has 0 spiro atoms. The van der Waals surface area contributed by atoms with Gasteiger partial charge in [-0.15, -0.1) is 0 Å². The van der Waals surface area contributed by atoms with Crippen molar-refractivity contribution in [3.63, 3.8) is 0 Å². The molecule has 0 bridgehead atoms. The van der Waals surface area contributed by atoms with E-state index in [1.54, 1.807) is 7.11 Å². The van der Waals surface area contributed by atoms with Gasteiger partial charge in [-0.2, -0.15) is 0 Å². The van der Waals surface area contributed by atoms with Crippen LogP contribution in [0.5, 0.6) is 0 Å². The van der Waals surface area contributed by atoms with E-state index in [0.29, 0.717) is 18.6 Å². The number of hydrogen-bond donors (Lipinski definition) is 1. The Morgan fingerprint density at radius 2 is 1.84 bits per heavy atom. The van der Waals surface area contributed by atoms with Gasteiger partial charge >= 0.3 is 0 Å². The number of nitrogens with zero attached hydrogens (tertiary/aromatic N) is 1. The lowest BCUT2D eigenvalue weighted by atomic mass is 10.0. The largest absolute Gasteiger partial charge is 0.383 e. The molecule has 2 atom stereocenters. The molecule has 0 fully saturated rings. The van der Waals surface area contributed by atoms with Gasteiger partial charge in [-0.1, -0.05) is 44.2 Å². The van der Waals surface area contributed by atoms with Crippen molar-refractivity contribution in [3.8, 4) is 0 Å². The van der Waals surface area contributed by atoms with Crippen molar-refractivity contribution >= 4 is 0 Å². The first-order valence-corrected chi connectivity index (χ1v) is 7.06. The highest BCUT2D eigenvalue weighted by Gasteiger charge is 2.18. The standard InChI is InChI=1S/C16H28N2O/c1-13(2)15(17)10-11-18(3)16(12-19-4)14-8-6-5-7-9-14/h5-9,13,15-16H,10-12,17H2,1-4H3. The van der Waals surface area contributed by atoms with E-state index < -0.39 is 0 Å². The van der Waals surface area contributed by atoms with Crippen molar-refractivity contribution in [1.82, 2.24) is 4.90 Å². The molecule has 0 aliphatic carbocycles. The van der Waals surface area contributed by atoms with Crippen LogP contribution in [0.2, 0.25) is 0 Å². The number of benzene rings is 1. The van der Waals surface area contributed by atoms with Crippen molar-refractivity contribution < 1.29 is 4.74 Å². The minimum absolute atomic E-state index is 0.265. The summed E-state index contributed by atoms with van der Waals surface area (Å²) in [6.45, 7) is 6.04. The Morgan fingerprint density at radius 3 is 2.37 bits per heavy atom. The number of methoxy groups -OCH3 is 1. The van der Waals surface area contributed by atoms with Gasteiger partial charge in [-0.05, 0) is 24.9 Å². The lowest BCUT2D eigenvalue weighted by Gasteiger charge is -2.29. The molecule has 1 aromatic carbocycles. The quantitative estimate of drug-likeness (QED) is 0.784. The van der Waals surface area contributed by atoms with Crippen LogP contribution in [-0.4, -0.2) is 38.3 Å². The topological polar surface area (TPSA) is 38.5 Å². The molecule has 3 nitrogen and oxygen atoms in total. The third-order valence-electron chi connectivity index (χ3n) is 3.71. The maximum atomic E-state index is 6.12. The maximum Gasteiger partial charge on any atom is 0.0659 e. The van der Waals surface area contributed by atoms with E-state index in [4.69, 9.17) is 10.5 Å². The molecule has 1 aromatic rings. The maximum absolute atomic E-state index is 6.12. The molecule has 0 heterocycles. The van der Waals surface area contributed by atoms with E-state index >= 15 is 0 Å². The molecule has 2 N–H and O–H groups in total.